The van der Waals surface area contributed by atoms with Gasteiger partial charge in [-0.3, -0.25) is 9.59 Å². The summed E-state index contributed by atoms with van der Waals surface area (Å²) < 4.78 is 42.1. The van der Waals surface area contributed by atoms with E-state index in [-0.39, 0.29) is 24.9 Å². The number of hydrogen-bond donors (Lipinski definition) is 1. The van der Waals surface area contributed by atoms with Crippen molar-refractivity contribution in [1.29, 1.82) is 0 Å². The summed E-state index contributed by atoms with van der Waals surface area (Å²) >= 11 is 6.37. The quantitative estimate of drug-likeness (QED) is 0.506. The number of benzene rings is 2. The fraction of sp³-hybridized carbons (Fsp3) is 0.517. The molecule has 0 aromatic heterocycles. The molecule has 2 aliphatic rings. The number of likely N-dealkylation sites (tertiary alicyclic amines) is 1. The molecule has 0 radical (unpaired) electrons. The van der Waals surface area contributed by atoms with Crippen molar-refractivity contribution in [2.45, 2.75) is 44.4 Å². The van der Waals surface area contributed by atoms with E-state index < -0.39 is 23.2 Å². The average Bonchev–Trinajstić information content (AvgIpc) is 2.88. The number of alkyl halides is 3. The molecule has 2 fully saturated rings. The molecule has 2 amide bonds. The molecular weight excluding hydrogens is 531 g/mol. The van der Waals surface area contributed by atoms with Gasteiger partial charge in [-0.1, -0.05) is 42.8 Å². The summed E-state index contributed by atoms with van der Waals surface area (Å²) in [4.78, 5) is 30.0. The molecule has 1 N–H and O–H groups in total. The Hall–Kier alpha value is -2.78. The molecule has 4 rings (SSSR count). The fourth-order valence-electron chi connectivity index (χ4n) is 5.55. The Labute approximate surface area is 232 Å². The first kappa shape index (κ1) is 29.2. The first-order chi connectivity index (χ1) is 18.3. The Bertz CT molecular complexity index is 1210. The standard InChI is InChI=1S/C29H35ClF3N3O3/c1-4-19-6-5-7-22(15-19)28(39,29(31,32)33)27(38)36-17-21(18-36)14-20-10-12-35(13-11-20)23-8-9-24(25(30)16-23)26(37)34(2)3/h5-9,15-16,20-21,39H,4,10-14,17-18H2,1-3H3/t28-/m1/s1. The number of rotatable bonds is 7. The van der Waals surface area contributed by atoms with E-state index in [0.717, 1.165) is 49.0 Å². The fourth-order valence-corrected chi connectivity index (χ4v) is 5.81. The van der Waals surface area contributed by atoms with Crippen LogP contribution in [0.25, 0.3) is 0 Å². The normalized spacial score (nSPS) is 18.5. The number of halogens is 4. The van der Waals surface area contributed by atoms with Crippen molar-refractivity contribution in [3.8, 4) is 0 Å². The van der Waals surface area contributed by atoms with Crippen LogP contribution in [0.4, 0.5) is 18.9 Å². The minimum atomic E-state index is -5.13. The molecule has 0 aliphatic carbocycles. The second-order valence-corrected chi connectivity index (χ2v) is 11.3. The summed E-state index contributed by atoms with van der Waals surface area (Å²) in [6.45, 7) is 3.83. The van der Waals surface area contributed by atoms with Gasteiger partial charge in [0.2, 0.25) is 0 Å². The van der Waals surface area contributed by atoms with Crippen molar-refractivity contribution in [2.75, 3.05) is 45.2 Å². The number of carbonyl (C=O) groups excluding carboxylic acids is 2. The average molecular weight is 566 g/mol. The largest absolute Gasteiger partial charge is 0.430 e. The number of nitrogens with zero attached hydrogens (tertiary/aromatic N) is 3. The highest BCUT2D eigenvalue weighted by Gasteiger charge is 2.63. The van der Waals surface area contributed by atoms with E-state index in [1.807, 2.05) is 12.1 Å². The third-order valence-electron chi connectivity index (χ3n) is 7.95. The van der Waals surface area contributed by atoms with Crippen LogP contribution in [0, 0.1) is 11.8 Å². The molecule has 212 valence electrons. The van der Waals surface area contributed by atoms with Crippen molar-refractivity contribution in [3.05, 3.63) is 64.2 Å². The maximum atomic E-state index is 14.0. The summed E-state index contributed by atoms with van der Waals surface area (Å²) in [5.74, 6) is -0.948. The first-order valence-corrected chi connectivity index (χ1v) is 13.7. The second kappa shape index (κ2) is 11.4. The van der Waals surface area contributed by atoms with Gasteiger partial charge in [-0.25, -0.2) is 0 Å². The zero-order chi connectivity index (χ0) is 28.5. The number of carbonyl (C=O) groups is 2. The lowest BCUT2D eigenvalue weighted by molar-refractivity contribution is -0.264. The molecule has 0 saturated carbocycles. The lowest BCUT2D eigenvalue weighted by Crippen LogP contribution is -2.61. The first-order valence-electron chi connectivity index (χ1n) is 13.3. The van der Waals surface area contributed by atoms with Gasteiger partial charge < -0.3 is 19.8 Å². The van der Waals surface area contributed by atoms with Crippen molar-refractivity contribution in [3.63, 3.8) is 0 Å². The van der Waals surface area contributed by atoms with Crippen molar-refractivity contribution >= 4 is 29.1 Å². The van der Waals surface area contributed by atoms with E-state index in [9.17, 15) is 27.9 Å². The van der Waals surface area contributed by atoms with Gasteiger partial charge in [0.15, 0.2) is 0 Å². The number of anilines is 1. The summed E-state index contributed by atoms with van der Waals surface area (Å²) in [6.07, 6.45) is -1.98. The maximum absolute atomic E-state index is 14.0. The molecule has 1 atom stereocenters. The molecule has 0 unspecified atom stereocenters. The van der Waals surface area contributed by atoms with Crippen molar-refractivity contribution in [2.24, 2.45) is 11.8 Å². The molecule has 2 aromatic carbocycles. The van der Waals surface area contributed by atoms with Gasteiger partial charge in [0.1, 0.15) is 0 Å². The predicted octanol–water partition coefficient (Wildman–Crippen LogP) is 5.12. The van der Waals surface area contributed by atoms with E-state index in [4.69, 9.17) is 11.6 Å². The van der Waals surface area contributed by atoms with E-state index in [1.165, 1.54) is 17.0 Å². The monoisotopic (exact) mass is 565 g/mol. The molecular formula is C29H35ClF3N3O3. The Balaban J connectivity index is 1.32. The van der Waals surface area contributed by atoms with Crippen LogP contribution in [-0.4, -0.2) is 73.2 Å². The highest BCUT2D eigenvalue weighted by Crippen LogP contribution is 2.43. The van der Waals surface area contributed by atoms with Gasteiger partial charge in [-0.2, -0.15) is 13.2 Å². The molecule has 0 bridgehead atoms. The zero-order valence-corrected chi connectivity index (χ0v) is 23.2. The highest BCUT2D eigenvalue weighted by atomic mass is 35.5. The van der Waals surface area contributed by atoms with Gasteiger partial charge in [0.05, 0.1) is 10.6 Å². The smallest absolute Gasteiger partial charge is 0.371 e. The van der Waals surface area contributed by atoms with Gasteiger partial charge in [0.25, 0.3) is 17.4 Å². The van der Waals surface area contributed by atoms with E-state index in [2.05, 4.69) is 4.90 Å². The number of amides is 2. The predicted molar refractivity (Wildman–Crippen MR) is 145 cm³/mol. The molecule has 2 aromatic rings. The van der Waals surface area contributed by atoms with Gasteiger partial charge >= 0.3 is 6.18 Å². The third kappa shape index (κ3) is 5.89. The molecule has 39 heavy (non-hydrogen) atoms. The lowest BCUT2D eigenvalue weighted by atomic mass is 9.82. The van der Waals surface area contributed by atoms with Crippen LogP contribution in [0.3, 0.4) is 0 Å². The van der Waals surface area contributed by atoms with Crippen LogP contribution in [0.15, 0.2) is 42.5 Å². The summed E-state index contributed by atoms with van der Waals surface area (Å²) in [7, 11) is 3.35. The van der Waals surface area contributed by atoms with Crippen LogP contribution in [0.2, 0.25) is 5.02 Å². The number of piperidine rings is 1. The molecule has 2 aliphatic heterocycles. The van der Waals surface area contributed by atoms with Crippen LogP contribution in [-0.2, 0) is 16.8 Å². The number of aryl methyl sites for hydroxylation is 1. The second-order valence-electron chi connectivity index (χ2n) is 10.9. The molecule has 0 spiro atoms. The third-order valence-corrected chi connectivity index (χ3v) is 8.27. The molecule has 2 heterocycles. The minimum Gasteiger partial charge on any atom is -0.371 e. The molecule has 10 heteroatoms. The minimum absolute atomic E-state index is 0.107. The lowest BCUT2D eigenvalue weighted by Gasteiger charge is -2.45. The van der Waals surface area contributed by atoms with E-state index in [1.54, 1.807) is 33.2 Å². The Morgan fingerprint density at radius 1 is 1.05 bits per heavy atom. The van der Waals surface area contributed by atoms with E-state index >= 15 is 0 Å². The van der Waals surface area contributed by atoms with Gasteiger partial charge in [0, 0.05) is 51.5 Å². The summed E-state index contributed by atoms with van der Waals surface area (Å²) in [5.41, 5.74) is -1.96. The van der Waals surface area contributed by atoms with Crippen LogP contribution < -0.4 is 4.90 Å². The van der Waals surface area contributed by atoms with Gasteiger partial charge in [-0.05, 0) is 61.3 Å². The molecule has 6 nitrogen and oxygen atoms in total. The summed E-state index contributed by atoms with van der Waals surface area (Å²) in [6, 6.07) is 11.0. The Morgan fingerprint density at radius 3 is 2.28 bits per heavy atom. The van der Waals surface area contributed by atoms with Crippen LogP contribution in [0.1, 0.15) is 47.7 Å². The maximum Gasteiger partial charge on any atom is 0.430 e. The number of hydrogen-bond acceptors (Lipinski definition) is 4. The number of aliphatic hydroxyl groups is 1. The zero-order valence-electron chi connectivity index (χ0n) is 22.5. The Morgan fingerprint density at radius 2 is 1.72 bits per heavy atom. The van der Waals surface area contributed by atoms with Crippen LogP contribution >= 0.6 is 11.6 Å². The van der Waals surface area contributed by atoms with Crippen molar-refractivity contribution in [1.82, 2.24) is 9.80 Å². The SMILES string of the molecule is CCc1cccc([C@@](O)(C(=O)N2CC(CC3CCN(c4ccc(C(=O)N(C)C)c(Cl)c4)CC3)C2)C(F)(F)F)c1. The van der Waals surface area contributed by atoms with E-state index in [0.29, 0.717) is 28.5 Å². The highest BCUT2D eigenvalue weighted by molar-refractivity contribution is 6.34. The van der Waals surface area contributed by atoms with Crippen molar-refractivity contribution < 1.29 is 27.9 Å². The molecule has 2 saturated heterocycles. The topological polar surface area (TPSA) is 64.1 Å². The van der Waals surface area contributed by atoms with Crippen LogP contribution in [0.5, 0.6) is 0 Å². The summed E-state index contributed by atoms with van der Waals surface area (Å²) in [5, 5.41) is 11.1. The Kier molecular flexibility index (Phi) is 8.52. The van der Waals surface area contributed by atoms with Gasteiger partial charge in [-0.15, -0.1) is 0 Å².